The van der Waals surface area contributed by atoms with Crippen molar-refractivity contribution in [3.8, 4) is 0 Å². The maximum atomic E-state index is 12.1. The molecule has 8 nitrogen and oxygen atoms in total. The molecule has 1 aliphatic heterocycles. The number of aromatic nitrogens is 4. The van der Waals surface area contributed by atoms with Gasteiger partial charge in [-0.05, 0) is 6.92 Å². The van der Waals surface area contributed by atoms with Gasteiger partial charge in [0.05, 0.1) is 25.5 Å². The standard InChI is InChI=1S/C13H19N5O3/c1-3-20-8-9-7-18(4-5-21-9)13-15-11-10(12(19)16-13)6-14-17(11)2/h6,9H,3-5,7-8H2,1-2H3,(H,15,16,19). The lowest BCUT2D eigenvalue weighted by molar-refractivity contribution is -0.0210. The number of H-pyrrole nitrogens is 1. The molecule has 1 atom stereocenters. The minimum absolute atomic E-state index is 0.00811. The van der Waals surface area contributed by atoms with Gasteiger partial charge in [0.2, 0.25) is 5.95 Å². The van der Waals surface area contributed by atoms with Gasteiger partial charge in [0, 0.05) is 26.7 Å². The third-order valence-corrected chi connectivity index (χ3v) is 3.54. The Morgan fingerprint density at radius 2 is 2.43 bits per heavy atom. The monoisotopic (exact) mass is 293 g/mol. The molecule has 0 aromatic carbocycles. The van der Waals surface area contributed by atoms with E-state index in [1.165, 1.54) is 6.20 Å². The highest BCUT2D eigenvalue weighted by molar-refractivity contribution is 5.74. The number of anilines is 1. The molecule has 8 heteroatoms. The topological polar surface area (TPSA) is 85.3 Å². The highest BCUT2D eigenvalue weighted by atomic mass is 16.5. The van der Waals surface area contributed by atoms with Gasteiger partial charge in [0.25, 0.3) is 5.56 Å². The average molecular weight is 293 g/mol. The average Bonchev–Trinajstić information content (AvgIpc) is 2.87. The van der Waals surface area contributed by atoms with E-state index in [0.717, 1.165) is 0 Å². The number of fused-ring (bicyclic) bond motifs is 1. The Balaban J connectivity index is 1.85. The van der Waals surface area contributed by atoms with Crippen molar-refractivity contribution in [3.63, 3.8) is 0 Å². The van der Waals surface area contributed by atoms with Crippen LogP contribution in [0.3, 0.4) is 0 Å². The first-order valence-corrected chi connectivity index (χ1v) is 7.05. The normalized spacial score (nSPS) is 19.3. The van der Waals surface area contributed by atoms with Gasteiger partial charge in [0.15, 0.2) is 5.65 Å². The molecule has 0 aliphatic carbocycles. The summed E-state index contributed by atoms with van der Waals surface area (Å²) in [6.45, 7) is 5.09. The van der Waals surface area contributed by atoms with Crippen molar-refractivity contribution in [2.45, 2.75) is 13.0 Å². The third kappa shape index (κ3) is 2.77. The van der Waals surface area contributed by atoms with E-state index < -0.39 is 0 Å². The van der Waals surface area contributed by atoms with Gasteiger partial charge in [-0.25, -0.2) is 0 Å². The van der Waals surface area contributed by atoms with Crippen molar-refractivity contribution in [2.24, 2.45) is 7.05 Å². The molecule has 0 spiro atoms. The smallest absolute Gasteiger partial charge is 0.263 e. The number of ether oxygens (including phenoxy) is 2. The number of rotatable bonds is 4. The van der Waals surface area contributed by atoms with Crippen molar-refractivity contribution < 1.29 is 9.47 Å². The van der Waals surface area contributed by atoms with Crippen molar-refractivity contribution in [1.29, 1.82) is 0 Å². The molecule has 0 amide bonds. The summed E-state index contributed by atoms with van der Waals surface area (Å²) >= 11 is 0. The first-order valence-electron chi connectivity index (χ1n) is 7.05. The molecule has 1 N–H and O–H groups in total. The second-order valence-electron chi connectivity index (χ2n) is 4.99. The number of nitrogens with zero attached hydrogens (tertiary/aromatic N) is 4. The van der Waals surface area contributed by atoms with Gasteiger partial charge in [0.1, 0.15) is 5.39 Å². The zero-order valence-electron chi connectivity index (χ0n) is 12.2. The lowest BCUT2D eigenvalue weighted by Crippen LogP contribution is -2.45. The van der Waals surface area contributed by atoms with Crippen LogP contribution in [0.5, 0.6) is 0 Å². The van der Waals surface area contributed by atoms with Gasteiger partial charge in [-0.1, -0.05) is 0 Å². The Morgan fingerprint density at radius 3 is 3.24 bits per heavy atom. The number of morpholine rings is 1. The van der Waals surface area contributed by atoms with E-state index in [-0.39, 0.29) is 11.7 Å². The summed E-state index contributed by atoms with van der Waals surface area (Å²) in [7, 11) is 1.77. The molecule has 3 rings (SSSR count). The van der Waals surface area contributed by atoms with E-state index in [1.54, 1.807) is 11.7 Å². The molecule has 1 fully saturated rings. The van der Waals surface area contributed by atoms with Crippen LogP contribution in [0, 0.1) is 0 Å². The molecule has 3 heterocycles. The van der Waals surface area contributed by atoms with Crippen molar-refractivity contribution in [1.82, 2.24) is 19.7 Å². The van der Waals surface area contributed by atoms with Crippen LogP contribution in [0.1, 0.15) is 6.92 Å². The molecule has 0 bridgehead atoms. The lowest BCUT2D eigenvalue weighted by Gasteiger charge is -2.33. The van der Waals surface area contributed by atoms with Gasteiger partial charge in [-0.2, -0.15) is 10.1 Å². The van der Waals surface area contributed by atoms with Crippen molar-refractivity contribution >= 4 is 17.0 Å². The fourth-order valence-corrected chi connectivity index (χ4v) is 2.43. The molecule has 2 aromatic heterocycles. The molecule has 0 radical (unpaired) electrons. The Bertz CT molecular complexity index is 680. The highest BCUT2D eigenvalue weighted by Gasteiger charge is 2.23. The van der Waals surface area contributed by atoms with Gasteiger partial charge in [-0.3, -0.25) is 14.5 Å². The van der Waals surface area contributed by atoms with E-state index in [4.69, 9.17) is 9.47 Å². The van der Waals surface area contributed by atoms with Gasteiger partial charge >= 0.3 is 0 Å². The molecule has 1 aliphatic rings. The summed E-state index contributed by atoms with van der Waals surface area (Å²) in [6, 6.07) is 0. The Labute approximate surface area is 121 Å². The first-order chi connectivity index (χ1) is 10.2. The quantitative estimate of drug-likeness (QED) is 0.847. The minimum atomic E-state index is -0.170. The molecule has 2 aromatic rings. The van der Waals surface area contributed by atoms with E-state index in [1.807, 2.05) is 11.8 Å². The van der Waals surface area contributed by atoms with Crippen LogP contribution >= 0.6 is 0 Å². The van der Waals surface area contributed by atoms with Crippen molar-refractivity contribution in [3.05, 3.63) is 16.6 Å². The predicted molar refractivity (Wildman–Crippen MR) is 77.6 cm³/mol. The van der Waals surface area contributed by atoms with E-state index in [0.29, 0.717) is 49.9 Å². The van der Waals surface area contributed by atoms with Gasteiger partial charge in [-0.15, -0.1) is 0 Å². The van der Waals surface area contributed by atoms with Crippen LogP contribution < -0.4 is 10.5 Å². The summed E-state index contributed by atoms with van der Waals surface area (Å²) in [6.07, 6.45) is 1.52. The zero-order valence-corrected chi connectivity index (χ0v) is 12.2. The summed E-state index contributed by atoms with van der Waals surface area (Å²) < 4.78 is 12.7. The SMILES string of the molecule is CCOCC1CN(c2nc3c(cnn3C)c(=O)[nH]2)CCO1. The number of aryl methyl sites for hydroxylation is 1. The van der Waals surface area contributed by atoms with E-state index in [2.05, 4.69) is 15.1 Å². The Hall–Kier alpha value is -1.93. The highest BCUT2D eigenvalue weighted by Crippen LogP contribution is 2.14. The van der Waals surface area contributed by atoms with Crippen LogP contribution in [0.15, 0.2) is 11.0 Å². The fourth-order valence-electron chi connectivity index (χ4n) is 2.43. The van der Waals surface area contributed by atoms with Crippen LogP contribution in [0.25, 0.3) is 11.0 Å². The molecule has 1 saturated heterocycles. The number of hydrogen-bond acceptors (Lipinski definition) is 6. The summed E-state index contributed by atoms with van der Waals surface area (Å²) in [5.41, 5.74) is 0.414. The third-order valence-electron chi connectivity index (χ3n) is 3.54. The van der Waals surface area contributed by atoms with E-state index in [9.17, 15) is 4.79 Å². The predicted octanol–water partition coefficient (Wildman–Crippen LogP) is -0.102. The fraction of sp³-hybridized carbons (Fsp3) is 0.615. The number of nitrogens with one attached hydrogen (secondary N) is 1. The number of hydrogen-bond donors (Lipinski definition) is 1. The molecule has 21 heavy (non-hydrogen) atoms. The Morgan fingerprint density at radius 1 is 1.57 bits per heavy atom. The van der Waals surface area contributed by atoms with Crippen LogP contribution in [-0.2, 0) is 16.5 Å². The lowest BCUT2D eigenvalue weighted by atomic mass is 10.3. The van der Waals surface area contributed by atoms with Crippen molar-refractivity contribution in [2.75, 3.05) is 37.8 Å². The maximum absolute atomic E-state index is 12.1. The second-order valence-corrected chi connectivity index (χ2v) is 4.99. The molecular weight excluding hydrogens is 274 g/mol. The molecule has 1 unspecified atom stereocenters. The number of aromatic amines is 1. The summed E-state index contributed by atoms with van der Waals surface area (Å²) in [4.78, 5) is 21.4. The zero-order chi connectivity index (χ0) is 14.8. The summed E-state index contributed by atoms with van der Waals surface area (Å²) in [5, 5.41) is 4.57. The van der Waals surface area contributed by atoms with Crippen LogP contribution in [0.2, 0.25) is 0 Å². The largest absolute Gasteiger partial charge is 0.379 e. The molecular formula is C13H19N5O3. The maximum Gasteiger partial charge on any atom is 0.263 e. The van der Waals surface area contributed by atoms with Crippen LogP contribution in [0.4, 0.5) is 5.95 Å². The molecule has 114 valence electrons. The van der Waals surface area contributed by atoms with Crippen LogP contribution in [-0.4, -0.2) is 58.8 Å². The minimum Gasteiger partial charge on any atom is -0.379 e. The second kappa shape index (κ2) is 5.82. The molecule has 0 saturated carbocycles. The first kappa shape index (κ1) is 14.0. The van der Waals surface area contributed by atoms with E-state index >= 15 is 0 Å². The Kier molecular flexibility index (Phi) is 3.89. The summed E-state index contributed by atoms with van der Waals surface area (Å²) in [5.74, 6) is 0.556. The van der Waals surface area contributed by atoms with Gasteiger partial charge < -0.3 is 14.4 Å².